The van der Waals surface area contributed by atoms with E-state index in [2.05, 4.69) is 20.3 Å². The lowest BCUT2D eigenvalue weighted by Crippen LogP contribution is -2.03. The van der Waals surface area contributed by atoms with Crippen LogP contribution < -0.4 is 5.32 Å². The average molecular weight is 403 g/mol. The van der Waals surface area contributed by atoms with E-state index in [4.69, 9.17) is 0 Å². The minimum atomic E-state index is -0.456. The summed E-state index contributed by atoms with van der Waals surface area (Å²) < 4.78 is 0. The molecule has 0 radical (unpaired) electrons. The molecule has 1 N–H and O–H groups in total. The number of fused-ring (bicyclic) bond motifs is 1. The zero-order chi connectivity index (χ0) is 20.4. The Labute approximate surface area is 171 Å². The van der Waals surface area contributed by atoms with E-state index in [1.807, 2.05) is 68.4 Å². The van der Waals surface area contributed by atoms with E-state index < -0.39 is 4.92 Å². The average Bonchev–Trinajstić information content (AvgIpc) is 2.70. The third-order valence-electron chi connectivity index (χ3n) is 4.32. The molecule has 2 aromatic heterocycles. The lowest BCUT2D eigenvalue weighted by atomic mass is 10.1. The lowest BCUT2D eigenvalue weighted by Gasteiger charge is -2.10. The van der Waals surface area contributed by atoms with Crippen LogP contribution in [0.4, 0.5) is 17.2 Å². The molecular formula is C21H17N5O2S. The number of nitro groups is 1. The van der Waals surface area contributed by atoms with Gasteiger partial charge in [-0.1, -0.05) is 47.7 Å². The van der Waals surface area contributed by atoms with Gasteiger partial charge in [-0.15, -0.1) is 0 Å². The van der Waals surface area contributed by atoms with Crippen molar-refractivity contribution in [3.05, 3.63) is 82.3 Å². The number of nitrogens with one attached hydrogen (secondary N) is 1. The summed E-state index contributed by atoms with van der Waals surface area (Å²) in [5.41, 5.74) is 3.20. The number of nitrogens with zero attached hydrogens (tertiary/aromatic N) is 4. The third-order valence-corrected chi connectivity index (χ3v) is 5.32. The van der Waals surface area contributed by atoms with Crippen LogP contribution in [0, 0.1) is 24.0 Å². The molecule has 0 aliphatic carbocycles. The van der Waals surface area contributed by atoms with Gasteiger partial charge in [-0.05, 0) is 38.1 Å². The number of aryl methyl sites for hydroxylation is 2. The van der Waals surface area contributed by atoms with Gasteiger partial charge in [0.2, 0.25) is 5.82 Å². The highest BCUT2D eigenvalue weighted by molar-refractivity contribution is 7.99. The summed E-state index contributed by atoms with van der Waals surface area (Å²) in [5, 5.41) is 16.2. The van der Waals surface area contributed by atoms with Crippen LogP contribution in [0.3, 0.4) is 0 Å². The first-order valence-corrected chi connectivity index (χ1v) is 9.70. The molecule has 0 saturated heterocycles. The van der Waals surface area contributed by atoms with Crippen LogP contribution in [-0.2, 0) is 0 Å². The summed E-state index contributed by atoms with van der Waals surface area (Å²) in [6.45, 7) is 3.89. The Hall–Kier alpha value is -3.52. The van der Waals surface area contributed by atoms with Crippen LogP contribution in [0.25, 0.3) is 10.9 Å². The van der Waals surface area contributed by atoms with E-state index in [-0.39, 0.29) is 16.5 Å². The van der Waals surface area contributed by atoms with Crippen molar-refractivity contribution in [2.24, 2.45) is 0 Å². The smallest absolute Gasteiger partial charge is 0.333 e. The Bertz CT molecular complexity index is 1210. The highest BCUT2D eigenvalue weighted by Gasteiger charge is 2.24. The predicted molar refractivity (Wildman–Crippen MR) is 114 cm³/mol. The van der Waals surface area contributed by atoms with Crippen molar-refractivity contribution in [1.29, 1.82) is 0 Å². The summed E-state index contributed by atoms with van der Waals surface area (Å²) in [4.78, 5) is 25.1. The Balaban J connectivity index is 1.76. The number of hydrogen-bond donors (Lipinski definition) is 1. The van der Waals surface area contributed by atoms with Crippen molar-refractivity contribution in [2.75, 3.05) is 5.32 Å². The molecule has 29 heavy (non-hydrogen) atoms. The van der Waals surface area contributed by atoms with E-state index in [1.54, 1.807) is 0 Å². The Kier molecular flexibility index (Phi) is 5.09. The monoisotopic (exact) mass is 403 g/mol. The Morgan fingerprint density at radius 2 is 1.79 bits per heavy atom. The van der Waals surface area contributed by atoms with E-state index >= 15 is 0 Å². The standard InChI is InChI=1S/C21H17N5O2S/c1-13-6-10-16(11-7-13)29-21-19(26(27)28)20(22-12-23-21)25-17-5-3-4-15-9-8-14(2)24-18(15)17/h3-12H,1-2H3,(H,22,23,25). The maximum atomic E-state index is 11.9. The third kappa shape index (κ3) is 4.02. The number of pyridine rings is 1. The number of para-hydroxylation sites is 1. The van der Waals surface area contributed by atoms with E-state index in [0.717, 1.165) is 27.1 Å². The SMILES string of the molecule is Cc1ccc(Sc2ncnc(Nc3cccc4ccc(C)nc34)c2[N+](=O)[O-])cc1. The van der Waals surface area contributed by atoms with Crippen LogP contribution in [-0.4, -0.2) is 19.9 Å². The highest BCUT2D eigenvalue weighted by Crippen LogP contribution is 2.38. The van der Waals surface area contributed by atoms with Gasteiger partial charge in [0, 0.05) is 16.0 Å². The maximum absolute atomic E-state index is 11.9. The topological polar surface area (TPSA) is 93.8 Å². The molecule has 0 aliphatic heterocycles. The molecule has 0 aliphatic rings. The van der Waals surface area contributed by atoms with Crippen molar-refractivity contribution in [2.45, 2.75) is 23.8 Å². The molecule has 0 unspecified atom stereocenters. The van der Waals surface area contributed by atoms with Gasteiger partial charge >= 0.3 is 5.69 Å². The first-order valence-electron chi connectivity index (χ1n) is 8.88. The van der Waals surface area contributed by atoms with E-state index in [1.165, 1.54) is 18.1 Å². The minimum Gasteiger partial charge on any atom is -0.333 e. The van der Waals surface area contributed by atoms with Crippen molar-refractivity contribution in [3.63, 3.8) is 0 Å². The molecule has 0 atom stereocenters. The molecule has 0 spiro atoms. The minimum absolute atomic E-state index is 0.135. The van der Waals surface area contributed by atoms with Gasteiger partial charge in [-0.25, -0.2) is 9.97 Å². The molecule has 144 valence electrons. The van der Waals surface area contributed by atoms with Crippen LogP contribution in [0.2, 0.25) is 0 Å². The second kappa shape index (κ2) is 7.84. The summed E-state index contributed by atoms with van der Waals surface area (Å²) in [6, 6.07) is 17.3. The molecule has 0 fully saturated rings. The zero-order valence-electron chi connectivity index (χ0n) is 15.8. The molecule has 2 heterocycles. The van der Waals surface area contributed by atoms with Gasteiger partial charge in [0.25, 0.3) is 0 Å². The van der Waals surface area contributed by atoms with Crippen LogP contribution in [0.5, 0.6) is 0 Å². The molecule has 4 rings (SSSR count). The van der Waals surface area contributed by atoms with Gasteiger partial charge in [0.1, 0.15) is 6.33 Å². The molecule has 2 aromatic carbocycles. The number of rotatable bonds is 5. The summed E-state index contributed by atoms with van der Waals surface area (Å²) in [5.74, 6) is 0.135. The fourth-order valence-corrected chi connectivity index (χ4v) is 3.75. The highest BCUT2D eigenvalue weighted by atomic mass is 32.2. The molecule has 7 nitrogen and oxygen atoms in total. The Morgan fingerprint density at radius 1 is 1.00 bits per heavy atom. The lowest BCUT2D eigenvalue weighted by molar-refractivity contribution is -0.387. The van der Waals surface area contributed by atoms with Gasteiger partial charge in [-0.2, -0.15) is 0 Å². The van der Waals surface area contributed by atoms with Gasteiger partial charge < -0.3 is 5.32 Å². The summed E-state index contributed by atoms with van der Waals surface area (Å²) in [6.07, 6.45) is 1.33. The van der Waals surface area contributed by atoms with Crippen molar-refractivity contribution >= 4 is 39.9 Å². The predicted octanol–water partition coefficient (Wildman–Crippen LogP) is 5.44. The molecule has 0 amide bonds. The molecular weight excluding hydrogens is 386 g/mol. The normalized spacial score (nSPS) is 10.8. The Morgan fingerprint density at radius 3 is 2.55 bits per heavy atom. The van der Waals surface area contributed by atoms with Crippen LogP contribution in [0.1, 0.15) is 11.3 Å². The first kappa shape index (κ1) is 18.8. The van der Waals surface area contributed by atoms with Crippen LogP contribution in [0.15, 0.2) is 70.8 Å². The van der Waals surface area contributed by atoms with E-state index in [0.29, 0.717) is 5.69 Å². The molecule has 4 aromatic rings. The largest absolute Gasteiger partial charge is 0.343 e. The van der Waals surface area contributed by atoms with Gasteiger partial charge in [0.05, 0.1) is 16.1 Å². The van der Waals surface area contributed by atoms with Crippen LogP contribution >= 0.6 is 11.8 Å². The number of aromatic nitrogens is 3. The summed E-state index contributed by atoms with van der Waals surface area (Å²) >= 11 is 1.23. The maximum Gasteiger partial charge on any atom is 0.343 e. The second-order valence-corrected chi connectivity index (χ2v) is 7.57. The van der Waals surface area contributed by atoms with Crippen molar-refractivity contribution in [3.8, 4) is 0 Å². The van der Waals surface area contributed by atoms with E-state index in [9.17, 15) is 10.1 Å². The second-order valence-electron chi connectivity index (χ2n) is 6.50. The number of hydrogen-bond acceptors (Lipinski definition) is 7. The van der Waals surface area contributed by atoms with Crippen molar-refractivity contribution in [1.82, 2.24) is 15.0 Å². The number of anilines is 2. The van der Waals surface area contributed by atoms with Gasteiger partial charge in [0.15, 0.2) is 5.03 Å². The molecule has 8 heteroatoms. The molecule has 0 saturated carbocycles. The first-order chi connectivity index (χ1) is 14.0. The number of benzene rings is 2. The van der Waals surface area contributed by atoms with Crippen molar-refractivity contribution < 1.29 is 4.92 Å². The quantitative estimate of drug-likeness (QED) is 0.269. The fourth-order valence-electron chi connectivity index (χ4n) is 2.88. The zero-order valence-corrected chi connectivity index (χ0v) is 16.6. The fraction of sp³-hybridized carbons (Fsp3) is 0.0952. The summed E-state index contributed by atoms with van der Waals surface area (Å²) in [7, 11) is 0. The van der Waals surface area contributed by atoms with Gasteiger partial charge in [-0.3, -0.25) is 15.1 Å². The molecule has 0 bridgehead atoms.